The van der Waals surface area contributed by atoms with Crippen molar-refractivity contribution in [2.75, 3.05) is 26.2 Å². The van der Waals surface area contributed by atoms with Crippen LogP contribution in [0.3, 0.4) is 0 Å². The van der Waals surface area contributed by atoms with Crippen LogP contribution in [0.1, 0.15) is 11.3 Å². The zero-order valence-electron chi connectivity index (χ0n) is 18.3. The minimum absolute atomic E-state index is 0.00215. The maximum atomic E-state index is 13.4. The second kappa shape index (κ2) is 8.05. The molecule has 33 heavy (non-hydrogen) atoms. The Hall–Kier alpha value is -3.64. The number of carbonyl (C=O) groups is 2. The Morgan fingerprint density at radius 2 is 1.64 bits per heavy atom. The van der Waals surface area contributed by atoms with Crippen LogP contribution < -0.4 is 0 Å². The van der Waals surface area contributed by atoms with Gasteiger partial charge in [-0.15, -0.1) is 0 Å². The summed E-state index contributed by atoms with van der Waals surface area (Å²) < 4.78 is 5.90. The van der Waals surface area contributed by atoms with Crippen molar-refractivity contribution in [2.45, 2.75) is 19.1 Å². The number of nitrogens with zero attached hydrogens (tertiary/aromatic N) is 3. The van der Waals surface area contributed by atoms with Crippen LogP contribution in [0.5, 0.6) is 0 Å². The van der Waals surface area contributed by atoms with Gasteiger partial charge < -0.3 is 14.2 Å². The van der Waals surface area contributed by atoms with E-state index in [0.29, 0.717) is 25.4 Å². The molecule has 6 rings (SSSR count). The standard InChI is InChI=1S/C27H25N3O3/c31-26-18-29(16-22-14-20-7-2-4-11-25(20)33-22)27(32)24-17-28(12-13-30(24)26)15-21-9-5-8-19-6-1-3-10-23(19)21/h1-11,14,24H,12-13,15-18H2. The average Bonchev–Trinajstić information content (AvgIpc) is 3.25. The zero-order valence-corrected chi connectivity index (χ0v) is 18.3. The van der Waals surface area contributed by atoms with Gasteiger partial charge in [0.2, 0.25) is 11.8 Å². The fraction of sp³-hybridized carbons (Fsp3) is 0.259. The van der Waals surface area contributed by atoms with Crippen LogP contribution >= 0.6 is 0 Å². The van der Waals surface area contributed by atoms with Crippen LogP contribution in [-0.2, 0) is 22.7 Å². The molecule has 6 heteroatoms. The topological polar surface area (TPSA) is 57.0 Å². The Labute approximate surface area is 192 Å². The number of rotatable bonds is 4. The first kappa shape index (κ1) is 20.0. The summed E-state index contributed by atoms with van der Waals surface area (Å²) in [6.07, 6.45) is 0. The van der Waals surface area contributed by atoms with Crippen LogP contribution in [0.2, 0.25) is 0 Å². The van der Waals surface area contributed by atoms with Crippen LogP contribution in [0.4, 0.5) is 0 Å². The fourth-order valence-electron chi connectivity index (χ4n) is 5.14. The normalized spacial score (nSPS) is 19.5. The van der Waals surface area contributed by atoms with Crippen molar-refractivity contribution in [1.29, 1.82) is 0 Å². The number of amides is 2. The SMILES string of the molecule is O=C1C2CN(Cc3cccc4ccccc34)CCN2C(=O)CN1Cc1cc2ccccc2o1. The lowest BCUT2D eigenvalue weighted by atomic mass is 10.0. The monoisotopic (exact) mass is 439 g/mol. The van der Waals surface area contributed by atoms with Crippen LogP contribution in [0.25, 0.3) is 21.7 Å². The third kappa shape index (κ3) is 3.66. The highest BCUT2D eigenvalue weighted by Gasteiger charge is 2.42. The van der Waals surface area contributed by atoms with E-state index >= 15 is 0 Å². The Morgan fingerprint density at radius 3 is 2.52 bits per heavy atom. The number of hydrogen-bond acceptors (Lipinski definition) is 4. The quantitative estimate of drug-likeness (QED) is 0.487. The number of hydrogen-bond donors (Lipinski definition) is 0. The first-order valence-electron chi connectivity index (χ1n) is 11.4. The van der Waals surface area contributed by atoms with E-state index in [0.717, 1.165) is 24.1 Å². The highest BCUT2D eigenvalue weighted by molar-refractivity contribution is 5.95. The predicted octanol–water partition coefficient (Wildman–Crippen LogP) is 3.64. The van der Waals surface area contributed by atoms with E-state index in [9.17, 15) is 9.59 Å². The van der Waals surface area contributed by atoms with Crippen LogP contribution in [0.15, 0.2) is 77.2 Å². The second-order valence-corrected chi connectivity index (χ2v) is 8.92. The van der Waals surface area contributed by atoms with Crippen LogP contribution in [-0.4, -0.2) is 58.7 Å². The van der Waals surface area contributed by atoms with Gasteiger partial charge in [-0.1, -0.05) is 60.7 Å². The van der Waals surface area contributed by atoms with Crippen molar-refractivity contribution in [3.05, 3.63) is 84.1 Å². The summed E-state index contributed by atoms with van der Waals surface area (Å²) in [6, 6.07) is 24.0. The summed E-state index contributed by atoms with van der Waals surface area (Å²) in [7, 11) is 0. The average molecular weight is 440 g/mol. The summed E-state index contributed by atoms with van der Waals surface area (Å²) >= 11 is 0. The highest BCUT2D eigenvalue weighted by atomic mass is 16.3. The van der Waals surface area contributed by atoms with E-state index < -0.39 is 6.04 Å². The smallest absolute Gasteiger partial charge is 0.247 e. The predicted molar refractivity (Wildman–Crippen MR) is 126 cm³/mol. The van der Waals surface area contributed by atoms with Crippen molar-refractivity contribution in [3.63, 3.8) is 0 Å². The molecule has 0 saturated carbocycles. The second-order valence-electron chi connectivity index (χ2n) is 8.92. The molecule has 2 amide bonds. The third-order valence-electron chi connectivity index (χ3n) is 6.80. The van der Waals surface area contributed by atoms with E-state index in [-0.39, 0.29) is 18.4 Å². The number of para-hydroxylation sites is 1. The molecule has 0 spiro atoms. The summed E-state index contributed by atoms with van der Waals surface area (Å²) in [5.74, 6) is 0.715. The van der Waals surface area contributed by atoms with Gasteiger partial charge in [-0.05, 0) is 28.5 Å². The first-order valence-corrected chi connectivity index (χ1v) is 11.4. The Bertz CT molecular complexity index is 1320. The largest absolute Gasteiger partial charge is 0.459 e. The molecule has 2 aliphatic rings. The number of furan rings is 1. The lowest BCUT2D eigenvalue weighted by molar-refractivity contribution is -0.160. The molecule has 166 valence electrons. The number of fused-ring (bicyclic) bond motifs is 3. The van der Waals surface area contributed by atoms with E-state index in [1.165, 1.54) is 16.3 Å². The molecule has 4 aromatic rings. The maximum Gasteiger partial charge on any atom is 0.247 e. The van der Waals surface area contributed by atoms with Crippen molar-refractivity contribution in [3.8, 4) is 0 Å². The minimum Gasteiger partial charge on any atom is -0.459 e. The van der Waals surface area contributed by atoms with Gasteiger partial charge in [0.25, 0.3) is 0 Å². The van der Waals surface area contributed by atoms with Gasteiger partial charge in [0.05, 0.1) is 6.54 Å². The summed E-state index contributed by atoms with van der Waals surface area (Å²) in [4.78, 5) is 32.0. The lowest BCUT2D eigenvalue weighted by Crippen LogP contribution is -2.66. The molecule has 1 aromatic heterocycles. The molecule has 2 fully saturated rings. The number of carbonyl (C=O) groups excluding carboxylic acids is 2. The van der Waals surface area contributed by atoms with E-state index in [1.54, 1.807) is 9.80 Å². The molecular formula is C27H25N3O3. The lowest BCUT2D eigenvalue weighted by Gasteiger charge is -2.46. The van der Waals surface area contributed by atoms with Crippen LogP contribution in [0, 0.1) is 0 Å². The van der Waals surface area contributed by atoms with Gasteiger partial charge in [-0.3, -0.25) is 14.5 Å². The summed E-state index contributed by atoms with van der Waals surface area (Å²) in [5, 5.41) is 3.46. The molecule has 3 heterocycles. The molecule has 3 aromatic carbocycles. The molecule has 0 aliphatic carbocycles. The first-order chi connectivity index (χ1) is 16.2. The molecule has 0 bridgehead atoms. The van der Waals surface area contributed by atoms with Gasteiger partial charge in [0.1, 0.15) is 23.9 Å². The molecule has 0 radical (unpaired) electrons. The molecule has 6 nitrogen and oxygen atoms in total. The van der Waals surface area contributed by atoms with Gasteiger partial charge >= 0.3 is 0 Å². The Morgan fingerprint density at radius 1 is 0.848 bits per heavy atom. The molecular weight excluding hydrogens is 414 g/mol. The van der Waals surface area contributed by atoms with Crippen molar-refractivity contribution >= 4 is 33.6 Å². The van der Waals surface area contributed by atoms with Gasteiger partial charge in [-0.25, -0.2) is 0 Å². The minimum atomic E-state index is -0.445. The van der Waals surface area contributed by atoms with Crippen molar-refractivity contribution in [1.82, 2.24) is 14.7 Å². The highest BCUT2D eigenvalue weighted by Crippen LogP contribution is 2.25. The molecule has 1 atom stereocenters. The summed E-state index contributed by atoms with van der Waals surface area (Å²) in [5.41, 5.74) is 2.04. The van der Waals surface area contributed by atoms with Crippen molar-refractivity contribution in [2.24, 2.45) is 0 Å². The van der Waals surface area contributed by atoms with Crippen molar-refractivity contribution < 1.29 is 14.0 Å². The molecule has 2 saturated heterocycles. The Kier molecular flexibility index (Phi) is 4.88. The van der Waals surface area contributed by atoms with Gasteiger partial charge in [0, 0.05) is 31.6 Å². The zero-order chi connectivity index (χ0) is 22.4. The van der Waals surface area contributed by atoms with E-state index in [1.807, 2.05) is 36.4 Å². The van der Waals surface area contributed by atoms with Gasteiger partial charge in [-0.2, -0.15) is 0 Å². The number of benzene rings is 3. The Balaban J connectivity index is 1.20. The molecule has 0 N–H and O–H groups in total. The third-order valence-corrected chi connectivity index (χ3v) is 6.80. The number of piperazine rings is 2. The van der Waals surface area contributed by atoms with Gasteiger partial charge in [0.15, 0.2) is 0 Å². The molecule has 1 unspecified atom stereocenters. The molecule has 2 aliphatic heterocycles. The van der Waals surface area contributed by atoms with E-state index in [4.69, 9.17) is 4.42 Å². The van der Waals surface area contributed by atoms with E-state index in [2.05, 4.69) is 41.3 Å². The maximum absolute atomic E-state index is 13.4. The fourth-order valence-corrected chi connectivity index (χ4v) is 5.14. The summed E-state index contributed by atoms with van der Waals surface area (Å²) in [6.45, 7) is 3.07.